The standard InChI is InChI=1S/C62H83N9O10S/c1-10-70(48-19-26-79-27-20-48)52-33-46(32-50(40(52)3)58(74)63-35-51-54(78-9)31-39(2)65-59(51)75)44-15-17-47(18-16-44)69-23-21-68(22-24-69)25-28-80-29-30-81-37-55(73)67-57(62(6,7)8)61(77)71-36-49(72)34-53(71)60(76)66-41(4)43-11-13-45(14-12-43)56-42(5)64-38-82-56/h11-18,31-33,38,41,48-49,53,57,72H,10,19-30,34-37H2,1-9H3,(H,63,74)(H,65,75)(H,66,76)(H,67,73)/t41-,49+,53-,57+/m0/s1. The SMILES string of the molecule is CCN(c1cc(-c2ccc(N3CCN(CCOCCOCC(=O)N[C@H](C(=O)N4C[C@H](O)C[C@H]4C(=O)N[C@@H](C)c4ccc(-c5scnc5C)cc4)C(C)(C)C)CC3)cc2)cc(C(=O)NCc2c(OC)cc(C)[nH]c2=O)c1C)C1CCOCC1. The molecule has 3 fully saturated rings. The predicted octanol–water partition coefficient (Wildman–Crippen LogP) is 6.56. The number of thiazole rings is 1. The molecule has 0 bridgehead atoms. The zero-order chi connectivity index (χ0) is 58.7. The van der Waals surface area contributed by atoms with E-state index in [4.69, 9.17) is 18.9 Å². The highest BCUT2D eigenvalue weighted by Crippen LogP contribution is 2.36. The summed E-state index contributed by atoms with van der Waals surface area (Å²) in [4.78, 5) is 84.9. The summed E-state index contributed by atoms with van der Waals surface area (Å²) in [7, 11) is 1.52. The molecule has 0 radical (unpaired) electrons. The van der Waals surface area contributed by atoms with Crippen LogP contribution in [0.5, 0.6) is 5.75 Å². The number of aromatic nitrogens is 2. The summed E-state index contributed by atoms with van der Waals surface area (Å²) in [6.07, 6.45) is 1.01. The summed E-state index contributed by atoms with van der Waals surface area (Å²) in [5, 5.41) is 19.6. The lowest BCUT2D eigenvalue weighted by Gasteiger charge is -2.37. The van der Waals surface area contributed by atoms with Crippen molar-refractivity contribution in [3.63, 3.8) is 0 Å². The van der Waals surface area contributed by atoms with Crippen LogP contribution in [0.3, 0.4) is 0 Å². The van der Waals surface area contributed by atoms with Gasteiger partial charge in [0.15, 0.2) is 0 Å². The van der Waals surface area contributed by atoms with E-state index in [1.165, 1.54) is 12.0 Å². The third-order valence-electron chi connectivity index (χ3n) is 15.9. The Balaban J connectivity index is 0.779. The quantitative estimate of drug-likeness (QED) is 0.0438. The van der Waals surface area contributed by atoms with Gasteiger partial charge in [-0.25, -0.2) is 4.98 Å². The molecule has 8 rings (SSSR count). The lowest BCUT2D eigenvalue weighted by Crippen LogP contribution is -2.58. The van der Waals surface area contributed by atoms with Gasteiger partial charge in [0.2, 0.25) is 17.7 Å². The highest BCUT2D eigenvalue weighted by atomic mass is 32.1. The van der Waals surface area contributed by atoms with Crippen molar-refractivity contribution in [2.75, 3.05) is 102 Å². The fourth-order valence-electron chi connectivity index (χ4n) is 11.2. The molecule has 4 amide bonds. The second-order valence-electron chi connectivity index (χ2n) is 22.7. The van der Waals surface area contributed by atoms with Crippen molar-refractivity contribution < 1.29 is 43.2 Å². The number of amides is 4. The van der Waals surface area contributed by atoms with Gasteiger partial charge >= 0.3 is 0 Å². The van der Waals surface area contributed by atoms with Crippen molar-refractivity contribution in [2.45, 2.75) is 111 Å². The molecule has 5 aromatic rings. The number of likely N-dealkylation sites (tertiary alicyclic amines) is 1. The summed E-state index contributed by atoms with van der Waals surface area (Å²) in [6, 6.07) is 20.4. The van der Waals surface area contributed by atoms with Gasteiger partial charge in [-0.05, 0) is 111 Å². The molecule has 19 nitrogen and oxygen atoms in total. The third kappa shape index (κ3) is 15.3. The summed E-state index contributed by atoms with van der Waals surface area (Å²) in [6.45, 7) is 22.3. The van der Waals surface area contributed by atoms with Crippen LogP contribution in [0.1, 0.15) is 98.4 Å². The van der Waals surface area contributed by atoms with Crippen molar-refractivity contribution in [1.82, 2.24) is 35.7 Å². The van der Waals surface area contributed by atoms with E-state index in [0.717, 1.165) is 102 Å². The summed E-state index contributed by atoms with van der Waals surface area (Å²) < 4.78 is 22.8. The topological polar surface area (TPSA) is 220 Å². The first-order chi connectivity index (χ1) is 39.3. The van der Waals surface area contributed by atoms with E-state index in [1.54, 1.807) is 24.3 Å². The molecule has 82 heavy (non-hydrogen) atoms. The number of hydrogen-bond acceptors (Lipinski definition) is 15. The molecular formula is C62H83N9O10S. The van der Waals surface area contributed by atoms with E-state index < -0.39 is 35.4 Å². The molecule has 5 N–H and O–H groups in total. The number of benzene rings is 3. The maximum Gasteiger partial charge on any atom is 0.256 e. The number of anilines is 2. The maximum atomic E-state index is 14.2. The molecule has 442 valence electrons. The van der Waals surface area contributed by atoms with Crippen molar-refractivity contribution in [2.24, 2.45) is 5.41 Å². The Morgan fingerprint density at radius 3 is 2.26 bits per heavy atom. The van der Waals surface area contributed by atoms with Crippen LogP contribution in [0.4, 0.5) is 11.4 Å². The number of carbonyl (C=O) groups excluding carboxylic acids is 4. The van der Waals surface area contributed by atoms with Gasteiger partial charge in [-0.3, -0.25) is 28.9 Å². The number of aliphatic hydroxyl groups is 1. The molecule has 0 saturated carbocycles. The van der Waals surface area contributed by atoms with Crippen molar-refractivity contribution in [3.05, 3.63) is 116 Å². The number of H-pyrrole nitrogens is 1. The number of ether oxygens (including phenoxy) is 4. The van der Waals surface area contributed by atoms with E-state index in [0.29, 0.717) is 49.0 Å². The number of carbonyl (C=O) groups is 4. The second-order valence-corrected chi connectivity index (χ2v) is 23.6. The molecule has 5 heterocycles. The van der Waals surface area contributed by atoms with Gasteiger partial charge in [-0.1, -0.05) is 57.2 Å². The minimum atomic E-state index is -0.972. The zero-order valence-corrected chi connectivity index (χ0v) is 49.9. The van der Waals surface area contributed by atoms with Crippen molar-refractivity contribution >= 4 is 46.3 Å². The number of aryl methyl sites for hydroxylation is 2. The molecule has 0 unspecified atom stereocenters. The average molecular weight is 1150 g/mol. The van der Waals surface area contributed by atoms with Gasteiger partial charge in [0.1, 0.15) is 24.4 Å². The van der Waals surface area contributed by atoms with Gasteiger partial charge in [-0.2, -0.15) is 0 Å². The predicted molar refractivity (Wildman–Crippen MR) is 320 cm³/mol. The molecule has 0 spiro atoms. The van der Waals surface area contributed by atoms with Gasteiger partial charge in [0.25, 0.3) is 11.5 Å². The van der Waals surface area contributed by atoms with Gasteiger partial charge < -0.3 is 59.7 Å². The largest absolute Gasteiger partial charge is 0.496 e. The number of hydrogen-bond donors (Lipinski definition) is 5. The molecule has 4 atom stereocenters. The molecule has 2 aromatic heterocycles. The molecule has 3 saturated heterocycles. The number of piperazine rings is 1. The molecule has 3 aliphatic heterocycles. The Bertz CT molecular complexity index is 3040. The molecule has 3 aromatic carbocycles. The first kappa shape index (κ1) is 61.4. The Morgan fingerprint density at radius 2 is 1.60 bits per heavy atom. The van der Waals surface area contributed by atoms with Crippen LogP contribution in [-0.2, 0) is 35.1 Å². The summed E-state index contributed by atoms with van der Waals surface area (Å²) in [5.74, 6) is -1.12. The van der Waals surface area contributed by atoms with Crippen LogP contribution < -0.4 is 36.0 Å². The van der Waals surface area contributed by atoms with E-state index in [-0.39, 0.29) is 62.2 Å². The van der Waals surface area contributed by atoms with E-state index >= 15 is 0 Å². The molecule has 0 aliphatic carbocycles. The van der Waals surface area contributed by atoms with E-state index in [1.807, 2.05) is 77.4 Å². The number of nitrogens with one attached hydrogen (secondary N) is 4. The Hall–Kier alpha value is -6.68. The van der Waals surface area contributed by atoms with Gasteiger partial charge in [-0.15, -0.1) is 11.3 Å². The minimum Gasteiger partial charge on any atom is -0.496 e. The number of pyridine rings is 1. The van der Waals surface area contributed by atoms with Gasteiger partial charge in [0.05, 0.1) is 67.3 Å². The second kappa shape index (κ2) is 28.1. The fourth-order valence-corrected chi connectivity index (χ4v) is 12.0. The average Bonchev–Trinajstić information content (AvgIpc) is 4.10. The van der Waals surface area contributed by atoms with Crippen molar-refractivity contribution in [3.8, 4) is 27.3 Å². The van der Waals surface area contributed by atoms with Crippen LogP contribution in [-0.4, -0.2) is 165 Å². The fraction of sp³-hybridized carbons (Fsp3) is 0.516. The zero-order valence-electron chi connectivity index (χ0n) is 49.1. The number of β-amino-alcohol motifs (C(OH)–C–C–N with tert-alkyl or cyclic N) is 1. The number of rotatable bonds is 23. The molecule has 3 aliphatic rings. The van der Waals surface area contributed by atoms with E-state index in [9.17, 15) is 29.1 Å². The highest BCUT2D eigenvalue weighted by Gasteiger charge is 2.45. The Kier molecular flexibility index (Phi) is 21.0. The monoisotopic (exact) mass is 1150 g/mol. The smallest absolute Gasteiger partial charge is 0.256 e. The Morgan fingerprint density at radius 1 is 0.902 bits per heavy atom. The first-order valence-electron chi connectivity index (χ1n) is 28.7. The highest BCUT2D eigenvalue weighted by molar-refractivity contribution is 7.13. The van der Waals surface area contributed by atoms with Gasteiger partial charge in [0, 0.05) is 94.1 Å². The molecular weight excluding hydrogens is 1060 g/mol. The lowest BCUT2D eigenvalue weighted by molar-refractivity contribution is -0.144. The summed E-state index contributed by atoms with van der Waals surface area (Å²) in [5.41, 5.74) is 10.2. The third-order valence-corrected chi connectivity index (χ3v) is 16.9. The molecule has 20 heteroatoms. The number of methoxy groups -OCH3 is 1. The van der Waals surface area contributed by atoms with Crippen LogP contribution in [0.15, 0.2) is 77.0 Å². The van der Waals surface area contributed by atoms with Crippen LogP contribution in [0.25, 0.3) is 21.6 Å². The first-order valence-corrected chi connectivity index (χ1v) is 29.6. The van der Waals surface area contributed by atoms with E-state index in [2.05, 4.69) is 77.9 Å². The normalized spacial score (nSPS) is 17.8. The number of nitrogens with zero attached hydrogens (tertiary/aromatic N) is 5. The van der Waals surface area contributed by atoms with Crippen LogP contribution >= 0.6 is 11.3 Å². The van der Waals surface area contributed by atoms with Crippen LogP contribution in [0, 0.1) is 26.2 Å². The van der Waals surface area contributed by atoms with Crippen LogP contribution in [0.2, 0.25) is 0 Å². The Labute approximate surface area is 486 Å². The number of aliphatic hydroxyl groups excluding tert-OH is 1. The van der Waals surface area contributed by atoms with Crippen molar-refractivity contribution in [1.29, 1.82) is 0 Å². The summed E-state index contributed by atoms with van der Waals surface area (Å²) >= 11 is 1.57. The lowest BCUT2D eigenvalue weighted by atomic mass is 9.85. The number of aromatic amines is 1. The minimum absolute atomic E-state index is 0.0125. The maximum absolute atomic E-state index is 14.2.